The third kappa shape index (κ3) is 6.80. The maximum Gasteiger partial charge on any atom is 0.389 e. The van der Waals surface area contributed by atoms with Crippen molar-refractivity contribution >= 4 is 0 Å². The zero-order valence-corrected chi connectivity index (χ0v) is 19.1. The van der Waals surface area contributed by atoms with Gasteiger partial charge in [-0.1, -0.05) is 42.5 Å². The molecule has 1 fully saturated rings. The summed E-state index contributed by atoms with van der Waals surface area (Å²) in [5.41, 5.74) is 1.10. The van der Waals surface area contributed by atoms with Crippen LogP contribution in [-0.2, 0) is 23.7 Å². The molecular weight excluding hydrogens is 428 g/mol. The van der Waals surface area contributed by atoms with Crippen LogP contribution in [-0.4, -0.2) is 6.61 Å². The molecule has 0 atom stereocenters. The Hall–Kier alpha value is -2.40. The number of hydrogen-bond acceptors (Lipinski definition) is 1. The Bertz CT molecular complexity index is 918. The van der Waals surface area contributed by atoms with Gasteiger partial charge in [-0.3, -0.25) is 0 Å². The highest BCUT2D eigenvalue weighted by Gasteiger charge is 2.40. The summed E-state index contributed by atoms with van der Waals surface area (Å²) in [6.07, 6.45) is 7.30. The average molecular weight is 461 g/mol. The van der Waals surface area contributed by atoms with Gasteiger partial charge in [0.25, 0.3) is 0 Å². The van der Waals surface area contributed by atoms with Crippen LogP contribution in [0.25, 0.3) is 0 Å². The summed E-state index contributed by atoms with van der Waals surface area (Å²) in [5.74, 6) is -2.14. The third-order valence-corrected chi connectivity index (χ3v) is 6.46. The van der Waals surface area contributed by atoms with Crippen molar-refractivity contribution in [3.8, 4) is 0 Å². The molecule has 0 N–H and O–H groups in total. The molecular formula is C28H32F4O. The summed E-state index contributed by atoms with van der Waals surface area (Å²) in [7, 11) is 0. The van der Waals surface area contributed by atoms with Crippen LogP contribution in [0.3, 0.4) is 0 Å². The maximum atomic E-state index is 14.6. The standard InChI is InChI=1S/C28H32F4O/c1-3-5-6-7-21-8-10-22(11-9-21)16-17-33-28(31,32)27-25(29)18-24(19-26(27)30)23-14-12-20(4-2)13-15-23/h3-5,8-11,18-20,23H,2,6-7,12-17H2,1H3. The van der Waals surface area contributed by atoms with Crippen molar-refractivity contribution in [3.05, 3.63) is 95.1 Å². The number of benzene rings is 2. The highest BCUT2D eigenvalue weighted by atomic mass is 19.3. The van der Waals surface area contributed by atoms with Gasteiger partial charge in [0.05, 0.1) is 6.61 Å². The minimum Gasteiger partial charge on any atom is -0.316 e. The maximum absolute atomic E-state index is 14.6. The monoisotopic (exact) mass is 460 g/mol. The molecule has 3 rings (SSSR count). The fourth-order valence-corrected chi connectivity index (χ4v) is 4.45. The van der Waals surface area contributed by atoms with Gasteiger partial charge in [-0.05, 0) is 92.5 Å². The summed E-state index contributed by atoms with van der Waals surface area (Å²) in [4.78, 5) is 0. The van der Waals surface area contributed by atoms with Gasteiger partial charge in [0.1, 0.15) is 17.2 Å². The van der Waals surface area contributed by atoms with Crippen LogP contribution in [0.15, 0.2) is 61.2 Å². The van der Waals surface area contributed by atoms with Crippen molar-refractivity contribution < 1.29 is 22.3 Å². The lowest BCUT2D eigenvalue weighted by Crippen LogP contribution is -2.24. The van der Waals surface area contributed by atoms with Gasteiger partial charge in [0.2, 0.25) is 0 Å². The van der Waals surface area contributed by atoms with Gasteiger partial charge in [-0.2, -0.15) is 8.78 Å². The second-order valence-corrected chi connectivity index (χ2v) is 8.75. The molecule has 2 aromatic carbocycles. The molecule has 5 heteroatoms. The first-order valence-electron chi connectivity index (χ1n) is 11.7. The van der Waals surface area contributed by atoms with E-state index < -0.39 is 23.3 Å². The van der Waals surface area contributed by atoms with Crippen LogP contribution in [0.1, 0.15) is 67.2 Å². The van der Waals surface area contributed by atoms with E-state index in [4.69, 9.17) is 0 Å². The number of ether oxygens (including phenoxy) is 1. The fourth-order valence-electron chi connectivity index (χ4n) is 4.45. The molecule has 0 saturated heterocycles. The average Bonchev–Trinajstić information content (AvgIpc) is 2.79. The van der Waals surface area contributed by atoms with Gasteiger partial charge in [0.15, 0.2) is 0 Å². The molecule has 1 saturated carbocycles. The van der Waals surface area contributed by atoms with E-state index in [1.807, 2.05) is 43.3 Å². The van der Waals surface area contributed by atoms with Crippen molar-refractivity contribution in [1.29, 1.82) is 0 Å². The molecule has 178 valence electrons. The number of allylic oxidation sites excluding steroid dienone is 3. The Morgan fingerprint density at radius 3 is 2.09 bits per heavy atom. The fraction of sp³-hybridized carbons (Fsp3) is 0.429. The van der Waals surface area contributed by atoms with Crippen molar-refractivity contribution in [2.45, 2.75) is 63.9 Å². The quantitative estimate of drug-likeness (QED) is 0.256. The van der Waals surface area contributed by atoms with E-state index in [0.717, 1.165) is 61.8 Å². The predicted molar refractivity (Wildman–Crippen MR) is 124 cm³/mol. The Morgan fingerprint density at radius 1 is 0.970 bits per heavy atom. The first-order chi connectivity index (χ1) is 15.8. The molecule has 0 bridgehead atoms. The number of aryl methyl sites for hydroxylation is 1. The highest BCUT2D eigenvalue weighted by Crippen LogP contribution is 2.40. The molecule has 0 amide bonds. The van der Waals surface area contributed by atoms with E-state index in [2.05, 4.69) is 17.4 Å². The SMILES string of the molecule is C=CC1CCC(c2cc(F)c(C(F)(F)OCCc3ccc(CCC=CC)cc3)c(F)c2)CC1. The van der Waals surface area contributed by atoms with Crippen molar-refractivity contribution in [2.24, 2.45) is 5.92 Å². The van der Waals surface area contributed by atoms with Crippen LogP contribution in [0.5, 0.6) is 0 Å². The van der Waals surface area contributed by atoms with Gasteiger partial charge in [-0.15, -0.1) is 6.58 Å². The number of alkyl halides is 2. The van der Waals surface area contributed by atoms with E-state index in [1.165, 1.54) is 0 Å². The molecule has 0 aliphatic heterocycles. The van der Waals surface area contributed by atoms with Gasteiger partial charge in [0, 0.05) is 0 Å². The summed E-state index contributed by atoms with van der Waals surface area (Å²) in [5, 5.41) is 0. The van der Waals surface area contributed by atoms with Crippen LogP contribution < -0.4 is 0 Å². The van der Waals surface area contributed by atoms with Crippen LogP contribution in [0, 0.1) is 17.6 Å². The van der Waals surface area contributed by atoms with E-state index >= 15 is 0 Å². The zero-order valence-electron chi connectivity index (χ0n) is 19.1. The minimum atomic E-state index is -4.04. The van der Waals surface area contributed by atoms with E-state index in [0.29, 0.717) is 11.5 Å². The van der Waals surface area contributed by atoms with E-state index in [-0.39, 0.29) is 18.9 Å². The summed E-state index contributed by atoms with van der Waals surface area (Å²) >= 11 is 0. The number of rotatable bonds is 10. The molecule has 2 aromatic rings. The molecule has 1 aliphatic rings. The Kier molecular flexibility index (Phi) is 8.90. The summed E-state index contributed by atoms with van der Waals surface area (Å²) < 4.78 is 63.0. The van der Waals surface area contributed by atoms with Crippen LogP contribution in [0.2, 0.25) is 0 Å². The Balaban J connectivity index is 1.59. The van der Waals surface area contributed by atoms with Crippen molar-refractivity contribution in [1.82, 2.24) is 0 Å². The Labute approximate surface area is 194 Å². The summed E-state index contributed by atoms with van der Waals surface area (Å²) in [6, 6.07) is 9.73. The van der Waals surface area contributed by atoms with Crippen molar-refractivity contribution in [3.63, 3.8) is 0 Å². The molecule has 33 heavy (non-hydrogen) atoms. The number of hydrogen-bond donors (Lipinski definition) is 0. The molecule has 0 unspecified atom stereocenters. The van der Waals surface area contributed by atoms with Crippen LogP contribution >= 0.6 is 0 Å². The van der Waals surface area contributed by atoms with Gasteiger partial charge >= 0.3 is 6.11 Å². The second kappa shape index (κ2) is 11.6. The first-order valence-corrected chi connectivity index (χ1v) is 11.7. The predicted octanol–water partition coefficient (Wildman–Crippen LogP) is 8.24. The molecule has 1 aliphatic carbocycles. The molecule has 0 radical (unpaired) electrons. The lowest BCUT2D eigenvalue weighted by molar-refractivity contribution is -0.251. The first kappa shape index (κ1) is 25.2. The van der Waals surface area contributed by atoms with Gasteiger partial charge < -0.3 is 4.74 Å². The molecule has 0 heterocycles. The van der Waals surface area contributed by atoms with E-state index in [9.17, 15) is 17.6 Å². The zero-order chi connectivity index (χ0) is 23.8. The smallest absolute Gasteiger partial charge is 0.316 e. The van der Waals surface area contributed by atoms with Crippen molar-refractivity contribution in [2.75, 3.05) is 6.61 Å². The minimum absolute atomic E-state index is 0.0326. The van der Waals surface area contributed by atoms with Crippen LogP contribution in [0.4, 0.5) is 17.6 Å². The van der Waals surface area contributed by atoms with Gasteiger partial charge in [-0.25, -0.2) is 8.78 Å². The molecule has 1 nitrogen and oxygen atoms in total. The second-order valence-electron chi connectivity index (χ2n) is 8.75. The van der Waals surface area contributed by atoms with E-state index in [1.54, 1.807) is 0 Å². The Morgan fingerprint density at radius 2 is 1.55 bits per heavy atom. The lowest BCUT2D eigenvalue weighted by Gasteiger charge is -2.27. The molecule has 0 aromatic heterocycles. The normalized spacial score (nSPS) is 19.2. The number of halogens is 4. The highest BCUT2D eigenvalue weighted by molar-refractivity contribution is 5.31. The topological polar surface area (TPSA) is 9.23 Å². The molecule has 0 spiro atoms. The lowest BCUT2D eigenvalue weighted by atomic mass is 9.78. The largest absolute Gasteiger partial charge is 0.389 e. The summed E-state index contributed by atoms with van der Waals surface area (Å²) in [6.45, 7) is 5.41. The third-order valence-electron chi connectivity index (χ3n) is 6.46.